The van der Waals surface area contributed by atoms with E-state index >= 15 is 0 Å². The Labute approximate surface area is 123 Å². The lowest BCUT2D eigenvalue weighted by Crippen LogP contribution is -2.13. The highest BCUT2D eigenvalue weighted by atomic mass is 16.5. The molecule has 0 saturated heterocycles. The molecule has 1 saturated carbocycles. The summed E-state index contributed by atoms with van der Waals surface area (Å²) in [5, 5.41) is 5.26. The fourth-order valence-corrected chi connectivity index (χ4v) is 3.24. The van der Waals surface area contributed by atoms with Crippen LogP contribution >= 0.6 is 0 Å². The van der Waals surface area contributed by atoms with Crippen LogP contribution in [-0.4, -0.2) is 15.1 Å². The molecule has 108 valence electrons. The van der Waals surface area contributed by atoms with Gasteiger partial charge in [-0.1, -0.05) is 24.4 Å². The van der Waals surface area contributed by atoms with E-state index in [9.17, 15) is 0 Å². The molecule has 3 aromatic heterocycles. The van der Waals surface area contributed by atoms with Gasteiger partial charge in [0.2, 0.25) is 0 Å². The molecule has 21 heavy (non-hydrogen) atoms. The summed E-state index contributed by atoms with van der Waals surface area (Å²) in [6.07, 6.45) is 9.44. The maximum absolute atomic E-state index is 5.24. The van der Waals surface area contributed by atoms with Crippen LogP contribution in [0.15, 0.2) is 23.0 Å². The monoisotopic (exact) mass is 281 g/mol. The Bertz CT molecular complexity index is 776. The highest BCUT2D eigenvalue weighted by molar-refractivity contribution is 5.86. The lowest BCUT2D eigenvalue weighted by molar-refractivity contribution is 0.315. The van der Waals surface area contributed by atoms with Crippen molar-refractivity contribution in [1.82, 2.24) is 15.1 Å². The van der Waals surface area contributed by atoms with Crippen LogP contribution < -0.4 is 0 Å². The number of aryl methyl sites for hydroxylation is 2. The van der Waals surface area contributed by atoms with E-state index in [2.05, 4.69) is 27.4 Å². The summed E-state index contributed by atoms with van der Waals surface area (Å²) < 4.78 is 5.24. The molecule has 1 N–H and O–H groups in total. The van der Waals surface area contributed by atoms with Crippen LogP contribution in [0.5, 0.6) is 0 Å². The maximum atomic E-state index is 5.24. The smallest absolute Gasteiger partial charge is 0.143 e. The van der Waals surface area contributed by atoms with E-state index < -0.39 is 0 Å². The third kappa shape index (κ3) is 2.06. The molecule has 4 heteroatoms. The van der Waals surface area contributed by atoms with Gasteiger partial charge in [-0.2, -0.15) is 0 Å². The molecule has 3 heterocycles. The molecule has 1 fully saturated rings. The molecular formula is C17H19N3O. The number of nitrogens with one attached hydrogen (secondary N) is 1. The lowest BCUT2D eigenvalue weighted by atomic mass is 9.81. The Kier molecular flexibility index (Phi) is 2.84. The van der Waals surface area contributed by atoms with Crippen molar-refractivity contribution in [3.05, 3.63) is 35.5 Å². The Morgan fingerprint density at radius 1 is 1.33 bits per heavy atom. The number of fused-ring (bicyclic) bond motifs is 1. The van der Waals surface area contributed by atoms with Gasteiger partial charge in [-0.25, -0.2) is 0 Å². The Hall–Kier alpha value is -2.10. The summed E-state index contributed by atoms with van der Waals surface area (Å²) in [5.74, 6) is 1.69. The van der Waals surface area contributed by atoms with E-state index in [1.807, 2.05) is 20.0 Å². The number of pyridine rings is 1. The predicted molar refractivity (Wildman–Crippen MR) is 82.1 cm³/mol. The predicted octanol–water partition coefficient (Wildman–Crippen LogP) is 4.18. The first-order valence-electron chi connectivity index (χ1n) is 7.61. The Morgan fingerprint density at radius 3 is 2.86 bits per heavy atom. The van der Waals surface area contributed by atoms with Gasteiger partial charge in [0.25, 0.3) is 0 Å². The molecule has 4 rings (SSSR count). The van der Waals surface area contributed by atoms with Gasteiger partial charge < -0.3 is 9.51 Å². The average Bonchev–Trinajstić information content (AvgIpc) is 2.97. The lowest BCUT2D eigenvalue weighted by Gasteiger charge is -2.24. The summed E-state index contributed by atoms with van der Waals surface area (Å²) in [5.41, 5.74) is 5.37. The number of aromatic nitrogens is 3. The Morgan fingerprint density at radius 2 is 2.19 bits per heavy atom. The van der Waals surface area contributed by atoms with E-state index in [1.165, 1.54) is 36.6 Å². The highest BCUT2D eigenvalue weighted by Gasteiger charge is 2.20. The normalized spacial score (nSPS) is 15.5. The third-order valence-corrected chi connectivity index (χ3v) is 4.67. The molecule has 0 atom stereocenters. The summed E-state index contributed by atoms with van der Waals surface area (Å²) in [6, 6.07) is 2.10. The molecule has 0 aliphatic heterocycles. The number of aromatic amines is 1. The first-order valence-corrected chi connectivity index (χ1v) is 7.61. The van der Waals surface area contributed by atoms with Crippen LogP contribution in [-0.2, 0) is 6.42 Å². The van der Waals surface area contributed by atoms with Crippen LogP contribution in [0.2, 0.25) is 0 Å². The van der Waals surface area contributed by atoms with Crippen molar-refractivity contribution in [2.75, 3.05) is 0 Å². The number of nitrogens with zero attached hydrogens (tertiary/aromatic N) is 2. The van der Waals surface area contributed by atoms with Gasteiger partial charge >= 0.3 is 0 Å². The van der Waals surface area contributed by atoms with Gasteiger partial charge in [-0.3, -0.25) is 4.98 Å². The summed E-state index contributed by atoms with van der Waals surface area (Å²) in [7, 11) is 0. The van der Waals surface area contributed by atoms with Crippen molar-refractivity contribution in [3.63, 3.8) is 0 Å². The molecule has 1 aliphatic rings. The van der Waals surface area contributed by atoms with Gasteiger partial charge in [0, 0.05) is 23.3 Å². The fraction of sp³-hybridized carbons (Fsp3) is 0.412. The van der Waals surface area contributed by atoms with Crippen LogP contribution in [0.1, 0.15) is 36.3 Å². The Balaban J connectivity index is 1.74. The largest absolute Gasteiger partial charge is 0.361 e. The first-order chi connectivity index (χ1) is 10.2. The van der Waals surface area contributed by atoms with Crippen LogP contribution in [0.4, 0.5) is 0 Å². The molecule has 0 unspecified atom stereocenters. The fourth-order valence-electron chi connectivity index (χ4n) is 3.24. The number of hydrogen-bond donors (Lipinski definition) is 1. The van der Waals surface area contributed by atoms with E-state index in [-0.39, 0.29) is 0 Å². The number of H-pyrrole nitrogens is 1. The second-order valence-corrected chi connectivity index (χ2v) is 6.13. The van der Waals surface area contributed by atoms with Crippen molar-refractivity contribution in [2.45, 2.75) is 39.5 Å². The SMILES string of the molecule is Cc1noc(C)c1-c1cc2[nH]cc(CC3CCC3)c2cn1. The van der Waals surface area contributed by atoms with Crippen molar-refractivity contribution in [2.24, 2.45) is 5.92 Å². The minimum Gasteiger partial charge on any atom is -0.361 e. The van der Waals surface area contributed by atoms with Gasteiger partial charge in [0.05, 0.1) is 17.0 Å². The minimum atomic E-state index is 0.820. The molecule has 0 amide bonds. The van der Waals surface area contributed by atoms with Gasteiger partial charge in [0.1, 0.15) is 5.76 Å². The molecule has 4 nitrogen and oxygen atoms in total. The summed E-state index contributed by atoms with van der Waals surface area (Å²) >= 11 is 0. The number of hydrogen-bond acceptors (Lipinski definition) is 3. The zero-order valence-corrected chi connectivity index (χ0v) is 12.4. The molecule has 0 radical (unpaired) electrons. The topological polar surface area (TPSA) is 54.7 Å². The van der Waals surface area contributed by atoms with Crippen LogP contribution in [0, 0.1) is 19.8 Å². The van der Waals surface area contributed by atoms with Crippen molar-refractivity contribution < 1.29 is 4.52 Å². The third-order valence-electron chi connectivity index (χ3n) is 4.67. The van der Waals surface area contributed by atoms with Gasteiger partial charge in [-0.15, -0.1) is 0 Å². The molecule has 0 bridgehead atoms. The van der Waals surface area contributed by atoms with Gasteiger partial charge in [-0.05, 0) is 37.8 Å². The quantitative estimate of drug-likeness (QED) is 0.783. The molecule has 0 spiro atoms. The van der Waals surface area contributed by atoms with E-state index in [0.717, 1.165) is 34.1 Å². The second kappa shape index (κ2) is 4.72. The summed E-state index contributed by atoms with van der Waals surface area (Å²) in [6.45, 7) is 3.88. The highest BCUT2D eigenvalue weighted by Crippen LogP contribution is 2.33. The molecule has 0 aromatic carbocycles. The first kappa shape index (κ1) is 12.6. The average molecular weight is 281 g/mol. The van der Waals surface area contributed by atoms with E-state index in [4.69, 9.17) is 4.52 Å². The minimum absolute atomic E-state index is 0.820. The molecule has 1 aliphatic carbocycles. The number of rotatable bonds is 3. The van der Waals surface area contributed by atoms with Gasteiger partial charge in [0.15, 0.2) is 0 Å². The zero-order valence-electron chi connectivity index (χ0n) is 12.4. The van der Waals surface area contributed by atoms with E-state index in [0.29, 0.717) is 0 Å². The zero-order chi connectivity index (χ0) is 14.4. The summed E-state index contributed by atoms with van der Waals surface area (Å²) in [4.78, 5) is 8.03. The maximum Gasteiger partial charge on any atom is 0.143 e. The van der Waals surface area contributed by atoms with Crippen LogP contribution in [0.3, 0.4) is 0 Å². The van der Waals surface area contributed by atoms with Crippen molar-refractivity contribution in [1.29, 1.82) is 0 Å². The van der Waals surface area contributed by atoms with Crippen molar-refractivity contribution >= 4 is 10.9 Å². The standard InChI is InChI=1S/C17H19N3O/c1-10-17(11(2)21-20-10)16-7-15-14(9-19-16)13(8-18-15)6-12-4-3-5-12/h7-9,12,18H,3-6H2,1-2H3. The molecule has 3 aromatic rings. The van der Waals surface area contributed by atoms with E-state index in [1.54, 1.807) is 0 Å². The molecular weight excluding hydrogens is 262 g/mol. The second-order valence-electron chi connectivity index (χ2n) is 6.13. The van der Waals surface area contributed by atoms with Crippen LogP contribution in [0.25, 0.3) is 22.2 Å². The van der Waals surface area contributed by atoms with Crippen molar-refractivity contribution in [3.8, 4) is 11.3 Å².